The predicted molar refractivity (Wildman–Crippen MR) is 93.1 cm³/mol. The quantitative estimate of drug-likeness (QED) is 0.838. The van der Waals surface area contributed by atoms with Crippen molar-refractivity contribution in [2.45, 2.75) is 39.5 Å². The molecule has 0 aromatic heterocycles. The van der Waals surface area contributed by atoms with E-state index in [0.717, 1.165) is 0 Å². The SMILES string of the molecule is CCOC(=O)C1=C(N)OC2=C(C(=O)CC(C)(C)C2)[C@@H]1c1ccccc1F. The minimum Gasteiger partial charge on any atom is -0.462 e. The maximum atomic E-state index is 14.6. The van der Waals surface area contributed by atoms with Crippen LogP contribution in [0.15, 0.2) is 47.1 Å². The van der Waals surface area contributed by atoms with E-state index in [-0.39, 0.29) is 41.2 Å². The third-order valence-electron chi connectivity index (χ3n) is 4.67. The summed E-state index contributed by atoms with van der Waals surface area (Å²) in [6, 6.07) is 6.05. The number of hydrogen-bond acceptors (Lipinski definition) is 5. The fraction of sp³-hybridized carbons (Fsp3) is 0.400. The molecule has 0 unspecified atom stereocenters. The molecule has 1 aliphatic heterocycles. The lowest BCUT2D eigenvalue weighted by molar-refractivity contribution is -0.139. The van der Waals surface area contributed by atoms with E-state index < -0.39 is 17.7 Å². The van der Waals surface area contributed by atoms with E-state index >= 15 is 0 Å². The highest BCUT2D eigenvalue weighted by molar-refractivity contribution is 6.03. The molecule has 26 heavy (non-hydrogen) atoms. The van der Waals surface area contributed by atoms with Crippen LogP contribution in [-0.4, -0.2) is 18.4 Å². The number of esters is 1. The van der Waals surface area contributed by atoms with E-state index in [4.69, 9.17) is 15.2 Å². The van der Waals surface area contributed by atoms with Gasteiger partial charge in [-0.3, -0.25) is 4.79 Å². The van der Waals surface area contributed by atoms with Crippen molar-refractivity contribution in [1.82, 2.24) is 0 Å². The van der Waals surface area contributed by atoms with Gasteiger partial charge in [0.05, 0.1) is 12.5 Å². The molecule has 0 amide bonds. The number of hydrogen-bond donors (Lipinski definition) is 1. The van der Waals surface area contributed by atoms with Crippen LogP contribution in [-0.2, 0) is 19.1 Å². The monoisotopic (exact) mass is 359 g/mol. The van der Waals surface area contributed by atoms with Gasteiger partial charge in [0.2, 0.25) is 5.88 Å². The number of rotatable bonds is 3. The van der Waals surface area contributed by atoms with Gasteiger partial charge in [-0.05, 0) is 18.4 Å². The number of carbonyl (C=O) groups is 2. The molecule has 0 spiro atoms. The molecule has 3 rings (SSSR count). The number of carbonyl (C=O) groups excluding carboxylic acids is 2. The molecule has 5 nitrogen and oxygen atoms in total. The van der Waals surface area contributed by atoms with Crippen molar-refractivity contribution in [1.29, 1.82) is 0 Å². The minimum absolute atomic E-state index is 0.0243. The molecular formula is C20H22FNO4. The van der Waals surface area contributed by atoms with E-state index in [1.165, 1.54) is 6.07 Å². The fourth-order valence-corrected chi connectivity index (χ4v) is 3.61. The molecule has 0 saturated carbocycles. The molecule has 0 fully saturated rings. The second-order valence-corrected chi connectivity index (χ2v) is 7.33. The van der Waals surface area contributed by atoms with Gasteiger partial charge in [-0.1, -0.05) is 32.0 Å². The number of ketones is 1. The Morgan fingerprint density at radius 1 is 1.35 bits per heavy atom. The number of halogens is 1. The van der Waals surface area contributed by atoms with Gasteiger partial charge in [-0.15, -0.1) is 0 Å². The molecular weight excluding hydrogens is 337 g/mol. The smallest absolute Gasteiger partial charge is 0.340 e. The Bertz CT molecular complexity index is 838. The van der Waals surface area contributed by atoms with E-state index in [1.54, 1.807) is 25.1 Å². The first-order valence-electron chi connectivity index (χ1n) is 8.60. The topological polar surface area (TPSA) is 78.6 Å². The van der Waals surface area contributed by atoms with Crippen LogP contribution in [0.1, 0.15) is 45.1 Å². The zero-order valence-corrected chi connectivity index (χ0v) is 15.1. The van der Waals surface area contributed by atoms with Gasteiger partial charge < -0.3 is 15.2 Å². The van der Waals surface area contributed by atoms with Crippen LogP contribution in [0.2, 0.25) is 0 Å². The van der Waals surface area contributed by atoms with E-state index in [9.17, 15) is 14.0 Å². The molecule has 6 heteroatoms. The summed E-state index contributed by atoms with van der Waals surface area (Å²) in [4.78, 5) is 25.4. The van der Waals surface area contributed by atoms with Crippen molar-refractivity contribution in [3.8, 4) is 0 Å². The van der Waals surface area contributed by atoms with Crippen LogP contribution >= 0.6 is 0 Å². The third-order valence-corrected chi connectivity index (χ3v) is 4.67. The Labute approximate surface area is 151 Å². The predicted octanol–water partition coefficient (Wildman–Crippen LogP) is 3.32. The Balaban J connectivity index is 2.21. The van der Waals surface area contributed by atoms with Crippen LogP contribution < -0.4 is 5.73 Å². The van der Waals surface area contributed by atoms with Crippen LogP contribution in [0.25, 0.3) is 0 Å². The van der Waals surface area contributed by atoms with Crippen LogP contribution in [0, 0.1) is 11.2 Å². The lowest BCUT2D eigenvalue weighted by Gasteiger charge is -2.37. The highest BCUT2D eigenvalue weighted by atomic mass is 19.1. The molecule has 1 atom stereocenters. The van der Waals surface area contributed by atoms with Gasteiger partial charge in [0, 0.05) is 24.0 Å². The lowest BCUT2D eigenvalue weighted by Crippen LogP contribution is -2.36. The van der Waals surface area contributed by atoms with E-state index in [0.29, 0.717) is 17.8 Å². The largest absolute Gasteiger partial charge is 0.462 e. The number of benzene rings is 1. The number of ether oxygens (including phenoxy) is 2. The molecule has 1 aliphatic carbocycles. The number of Topliss-reactive ketones (excluding diaryl/α,β-unsaturated/α-hetero) is 1. The Morgan fingerprint density at radius 2 is 2.04 bits per heavy atom. The Kier molecular flexibility index (Phi) is 4.61. The van der Waals surface area contributed by atoms with Crippen LogP contribution in [0.3, 0.4) is 0 Å². The number of allylic oxidation sites excluding steroid dienone is 2. The molecule has 1 aromatic rings. The van der Waals surface area contributed by atoms with Crippen molar-refractivity contribution < 1.29 is 23.5 Å². The summed E-state index contributed by atoms with van der Waals surface area (Å²) in [6.45, 7) is 5.70. The molecule has 1 aromatic carbocycles. The van der Waals surface area contributed by atoms with Crippen molar-refractivity contribution in [2.75, 3.05) is 6.61 Å². The van der Waals surface area contributed by atoms with Gasteiger partial charge in [0.15, 0.2) is 5.78 Å². The summed E-state index contributed by atoms with van der Waals surface area (Å²) in [5.41, 5.74) is 6.21. The molecule has 2 aliphatic rings. The molecule has 0 radical (unpaired) electrons. The van der Waals surface area contributed by atoms with Crippen LogP contribution in [0.5, 0.6) is 0 Å². The minimum atomic E-state index is -0.928. The van der Waals surface area contributed by atoms with Crippen LogP contribution in [0.4, 0.5) is 4.39 Å². The number of nitrogens with two attached hydrogens (primary N) is 1. The first kappa shape index (κ1) is 18.2. The lowest BCUT2D eigenvalue weighted by atomic mass is 9.70. The van der Waals surface area contributed by atoms with Gasteiger partial charge >= 0.3 is 5.97 Å². The van der Waals surface area contributed by atoms with Crippen molar-refractivity contribution >= 4 is 11.8 Å². The molecule has 1 heterocycles. The maximum absolute atomic E-state index is 14.6. The maximum Gasteiger partial charge on any atom is 0.340 e. The summed E-state index contributed by atoms with van der Waals surface area (Å²) in [5, 5.41) is 0. The highest BCUT2D eigenvalue weighted by Gasteiger charge is 2.45. The zero-order chi connectivity index (χ0) is 19.1. The van der Waals surface area contributed by atoms with E-state index in [1.807, 2.05) is 13.8 Å². The molecule has 0 bridgehead atoms. The summed E-state index contributed by atoms with van der Waals surface area (Å²) < 4.78 is 25.3. The second-order valence-electron chi connectivity index (χ2n) is 7.33. The average Bonchev–Trinajstić information content (AvgIpc) is 2.53. The summed E-state index contributed by atoms with van der Waals surface area (Å²) >= 11 is 0. The van der Waals surface area contributed by atoms with Crippen molar-refractivity contribution in [3.63, 3.8) is 0 Å². The average molecular weight is 359 g/mol. The fourth-order valence-electron chi connectivity index (χ4n) is 3.61. The summed E-state index contributed by atoms with van der Waals surface area (Å²) in [6.07, 6.45) is 0.770. The molecule has 138 valence electrons. The normalized spacial score (nSPS) is 22.0. The standard InChI is InChI=1S/C20H22FNO4/c1-4-25-19(24)17-15(11-7-5-6-8-12(11)21)16-13(23)9-20(2,3)10-14(16)26-18(17)22/h5-8,15H,4,9-10,22H2,1-3H3/t15-/m0/s1. The van der Waals surface area contributed by atoms with Gasteiger partial charge in [-0.25, -0.2) is 9.18 Å². The second kappa shape index (κ2) is 6.59. The summed E-state index contributed by atoms with van der Waals surface area (Å²) in [7, 11) is 0. The molecule has 0 saturated heterocycles. The first-order valence-corrected chi connectivity index (χ1v) is 8.60. The Hall–Kier alpha value is -2.63. The molecule has 2 N–H and O–H groups in total. The van der Waals surface area contributed by atoms with E-state index in [2.05, 4.69) is 0 Å². The van der Waals surface area contributed by atoms with Gasteiger partial charge in [-0.2, -0.15) is 0 Å². The Morgan fingerprint density at radius 3 is 2.69 bits per heavy atom. The van der Waals surface area contributed by atoms with Crippen molar-refractivity contribution in [2.24, 2.45) is 11.1 Å². The first-order chi connectivity index (χ1) is 12.2. The zero-order valence-electron chi connectivity index (χ0n) is 15.1. The third kappa shape index (κ3) is 3.11. The van der Waals surface area contributed by atoms with Gasteiger partial charge in [0.1, 0.15) is 17.1 Å². The highest BCUT2D eigenvalue weighted by Crippen LogP contribution is 2.48. The van der Waals surface area contributed by atoms with Gasteiger partial charge in [0.25, 0.3) is 0 Å². The summed E-state index contributed by atoms with van der Waals surface area (Å²) in [5.74, 6) is -2.05. The van der Waals surface area contributed by atoms with Crippen molar-refractivity contribution in [3.05, 3.63) is 58.4 Å².